The van der Waals surface area contributed by atoms with Gasteiger partial charge >= 0.3 is 5.97 Å². The van der Waals surface area contributed by atoms with Crippen LogP contribution in [-0.2, 0) is 4.79 Å². The Hall–Kier alpha value is -0.570. The molecule has 1 unspecified atom stereocenters. The summed E-state index contributed by atoms with van der Waals surface area (Å²) in [5.74, 6) is -0.186. The van der Waals surface area contributed by atoms with Crippen molar-refractivity contribution in [2.45, 2.75) is 78.2 Å². The second-order valence-electron chi connectivity index (χ2n) is 7.07. The minimum absolute atomic E-state index is 0.198. The first-order valence-corrected chi connectivity index (χ1v) is 7.85. The number of nitrogens with one attached hydrogen (secondary N) is 1. The highest BCUT2D eigenvalue weighted by atomic mass is 16.4. The lowest BCUT2D eigenvalue weighted by molar-refractivity contribution is -0.137. The molecule has 19 heavy (non-hydrogen) atoms. The van der Waals surface area contributed by atoms with Crippen LogP contribution in [0.2, 0.25) is 0 Å². The highest BCUT2D eigenvalue weighted by molar-refractivity contribution is 5.66. The Morgan fingerprint density at radius 3 is 2.37 bits per heavy atom. The van der Waals surface area contributed by atoms with Crippen LogP contribution in [-0.4, -0.2) is 23.7 Å². The molecule has 1 fully saturated rings. The Morgan fingerprint density at radius 1 is 1.21 bits per heavy atom. The molecule has 1 aliphatic rings. The number of carboxylic acids is 1. The van der Waals surface area contributed by atoms with E-state index in [1.54, 1.807) is 0 Å². The van der Waals surface area contributed by atoms with Crippen LogP contribution in [0.4, 0.5) is 0 Å². The van der Waals surface area contributed by atoms with Crippen LogP contribution < -0.4 is 5.32 Å². The predicted octanol–water partition coefficient (Wildman–Crippen LogP) is 3.83. The third-order valence-corrected chi connectivity index (χ3v) is 4.46. The number of aliphatic carboxylic acids is 1. The van der Waals surface area contributed by atoms with Crippen molar-refractivity contribution in [2.24, 2.45) is 11.3 Å². The molecule has 3 heteroatoms. The quantitative estimate of drug-likeness (QED) is 0.738. The monoisotopic (exact) mass is 269 g/mol. The summed E-state index contributed by atoms with van der Waals surface area (Å²) in [7, 11) is 0. The van der Waals surface area contributed by atoms with Crippen molar-refractivity contribution in [2.75, 3.05) is 6.54 Å². The fraction of sp³-hybridized carbons (Fsp3) is 0.938. The topological polar surface area (TPSA) is 49.3 Å². The molecule has 0 aromatic rings. The van der Waals surface area contributed by atoms with E-state index in [2.05, 4.69) is 26.1 Å². The van der Waals surface area contributed by atoms with Crippen LogP contribution in [0.15, 0.2) is 0 Å². The Balaban J connectivity index is 2.29. The maximum atomic E-state index is 10.7. The van der Waals surface area contributed by atoms with Gasteiger partial charge in [-0.1, -0.05) is 40.0 Å². The van der Waals surface area contributed by atoms with Crippen molar-refractivity contribution in [1.82, 2.24) is 5.32 Å². The summed E-state index contributed by atoms with van der Waals surface area (Å²) >= 11 is 0. The van der Waals surface area contributed by atoms with Crippen LogP contribution in [0.3, 0.4) is 0 Å². The summed E-state index contributed by atoms with van der Waals surface area (Å²) in [6.07, 6.45) is 8.93. The van der Waals surface area contributed by atoms with Crippen molar-refractivity contribution in [3.05, 3.63) is 0 Å². The van der Waals surface area contributed by atoms with Gasteiger partial charge in [0.25, 0.3) is 0 Å². The maximum Gasteiger partial charge on any atom is 0.303 e. The molecule has 0 spiro atoms. The molecule has 0 amide bonds. The zero-order chi connectivity index (χ0) is 14.3. The Kier molecular flexibility index (Phi) is 6.84. The number of carbonyl (C=O) groups is 1. The predicted molar refractivity (Wildman–Crippen MR) is 79.3 cm³/mol. The van der Waals surface area contributed by atoms with Gasteiger partial charge in [0.2, 0.25) is 0 Å². The Labute approximate surface area is 118 Å². The smallest absolute Gasteiger partial charge is 0.303 e. The van der Waals surface area contributed by atoms with Gasteiger partial charge in [0.15, 0.2) is 0 Å². The Bertz CT molecular complexity index is 264. The third kappa shape index (κ3) is 6.95. The first-order chi connectivity index (χ1) is 8.89. The largest absolute Gasteiger partial charge is 0.481 e. The minimum atomic E-state index is -0.672. The van der Waals surface area contributed by atoms with Crippen molar-refractivity contribution >= 4 is 5.97 Å². The fourth-order valence-corrected chi connectivity index (χ4v) is 3.08. The molecule has 0 bridgehead atoms. The lowest BCUT2D eigenvalue weighted by Crippen LogP contribution is -2.34. The first kappa shape index (κ1) is 16.5. The van der Waals surface area contributed by atoms with E-state index in [0.29, 0.717) is 18.4 Å². The van der Waals surface area contributed by atoms with E-state index in [1.807, 2.05) is 0 Å². The van der Waals surface area contributed by atoms with Gasteiger partial charge < -0.3 is 10.4 Å². The van der Waals surface area contributed by atoms with Gasteiger partial charge in [-0.25, -0.2) is 0 Å². The molecule has 0 aromatic carbocycles. The summed E-state index contributed by atoms with van der Waals surface area (Å²) in [4.78, 5) is 10.7. The molecule has 1 rings (SSSR count). The normalized spacial score (nSPS) is 19.3. The number of carboxylic acid groups (broad SMARTS) is 1. The average molecular weight is 269 g/mol. The van der Waals surface area contributed by atoms with Gasteiger partial charge in [0.1, 0.15) is 0 Å². The van der Waals surface area contributed by atoms with Crippen molar-refractivity contribution in [3.63, 3.8) is 0 Å². The van der Waals surface area contributed by atoms with Crippen LogP contribution in [0, 0.1) is 11.3 Å². The second-order valence-corrected chi connectivity index (χ2v) is 7.07. The molecule has 0 saturated heterocycles. The van der Waals surface area contributed by atoms with Crippen LogP contribution in [0.25, 0.3) is 0 Å². The van der Waals surface area contributed by atoms with Gasteiger partial charge in [-0.15, -0.1) is 0 Å². The van der Waals surface area contributed by atoms with E-state index < -0.39 is 5.97 Å². The fourth-order valence-electron chi connectivity index (χ4n) is 3.08. The second kappa shape index (κ2) is 7.88. The van der Waals surface area contributed by atoms with Gasteiger partial charge in [0.05, 0.1) is 0 Å². The molecule has 112 valence electrons. The SMILES string of the molecule is CC(C)(C)C(CCNC1CCCCC1)CCC(=O)O. The lowest BCUT2D eigenvalue weighted by atomic mass is 9.76. The molecule has 1 atom stereocenters. The van der Waals surface area contributed by atoms with Gasteiger partial charge in [-0.2, -0.15) is 0 Å². The van der Waals surface area contributed by atoms with E-state index >= 15 is 0 Å². The van der Waals surface area contributed by atoms with E-state index in [4.69, 9.17) is 5.11 Å². The molecule has 3 nitrogen and oxygen atoms in total. The zero-order valence-electron chi connectivity index (χ0n) is 12.9. The molecule has 0 radical (unpaired) electrons. The molecular formula is C16H31NO2. The van der Waals surface area contributed by atoms with Crippen LogP contribution in [0.1, 0.15) is 72.1 Å². The summed E-state index contributed by atoms with van der Waals surface area (Å²) in [6, 6.07) is 0.703. The van der Waals surface area contributed by atoms with Crippen molar-refractivity contribution < 1.29 is 9.90 Å². The lowest BCUT2D eigenvalue weighted by Gasteiger charge is -2.31. The van der Waals surface area contributed by atoms with Crippen molar-refractivity contribution in [3.8, 4) is 0 Å². The molecule has 0 aliphatic heterocycles. The average Bonchev–Trinajstić information content (AvgIpc) is 2.33. The minimum Gasteiger partial charge on any atom is -0.481 e. The highest BCUT2D eigenvalue weighted by Crippen LogP contribution is 2.32. The van der Waals surface area contributed by atoms with E-state index in [-0.39, 0.29) is 5.41 Å². The molecule has 0 heterocycles. The van der Waals surface area contributed by atoms with Crippen LogP contribution >= 0.6 is 0 Å². The van der Waals surface area contributed by atoms with E-state index in [9.17, 15) is 4.79 Å². The van der Waals surface area contributed by atoms with Gasteiger partial charge in [-0.05, 0) is 43.6 Å². The molecular weight excluding hydrogens is 238 g/mol. The van der Waals surface area contributed by atoms with E-state index in [1.165, 1.54) is 32.1 Å². The standard InChI is InChI=1S/C16H31NO2/c1-16(2,3)13(9-10-15(18)19)11-12-17-14-7-5-4-6-8-14/h13-14,17H,4-12H2,1-3H3,(H,18,19). The zero-order valence-corrected chi connectivity index (χ0v) is 12.9. The highest BCUT2D eigenvalue weighted by Gasteiger charge is 2.25. The molecule has 0 aromatic heterocycles. The first-order valence-electron chi connectivity index (χ1n) is 7.85. The third-order valence-electron chi connectivity index (χ3n) is 4.46. The van der Waals surface area contributed by atoms with Crippen molar-refractivity contribution in [1.29, 1.82) is 0 Å². The van der Waals surface area contributed by atoms with Gasteiger partial charge in [-0.3, -0.25) is 4.79 Å². The maximum absolute atomic E-state index is 10.7. The summed E-state index contributed by atoms with van der Waals surface area (Å²) in [5.41, 5.74) is 0.198. The Morgan fingerprint density at radius 2 is 1.84 bits per heavy atom. The van der Waals surface area contributed by atoms with Gasteiger partial charge in [0, 0.05) is 12.5 Å². The molecule has 1 aliphatic carbocycles. The molecule has 2 N–H and O–H groups in total. The summed E-state index contributed by atoms with van der Waals surface area (Å²) in [6.45, 7) is 7.70. The number of hydrogen-bond donors (Lipinski definition) is 2. The van der Waals surface area contributed by atoms with Crippen LogP contribution in [0.5, 0.6) is 0 Å². The molecule has 1 saturated carbocycles. The number of rotatable bonds is 7. The number of hydrogen-bond acceptors (Lipinski definition) is 2. The summed E-state index contributed by atoms with van der Waals surface area (Å²) < 4.78 is 0. The van der Waals surface area contributed by atoms with E-state index in [0.717, 1.165) is 19.4 Å². The summed E-state index contributed by atoms with van der Waals surface area (Å²) in [5, 5.41) is 12.5.